The van der Waals surface area contributed by atoms with Gasteiger partial charge in [-0.25, -0.2) is 4.98 Å². The van der Waals surface area contributed by atoms with Gasteiger partial charge in [0.05, 0.1) is 5.56 Å². The average Bonchev–Trinajstić information content (AvgIpc) is 2.64. The van der Waals surface area contributed by atoms with Crippen molar-refractivity contribution in [1.82, 2.24) is 4.98 Å². The minimum absolute atomic E-state index is 0.162. The summed E-state index contributed by atoms with van der Waals surface area (Å²) in [4.78, 5) is 20.2. The van der Waals surface area contributed by atoms with E-state index in [1.807, 2.05) is 55.4 Å². The van der Waals surface area contributed by atoms with Crippen molar-refractivity contribution in [2.45, 2.75) is 16.8 Å². The SMILES string of the molecule is Cc1ccc(Sc2ncccc2C(=O)Nc2ccc(N(C)C)cc2)cc1. The fourth-order valence-electron chi connectivity index (χ4n) is 2.40. The smallest absolute Gasteiger partial charge is 0.258 e. The van der Waals surface area contributed by atoms with Gasteiger partial charge >= 0.3 is 0 Å². The molecule has 3 rings (SSSR count). The number of nitrogens with one attached hydrogen (secondary N) is 1. The fraction of sp³-hybridized carbons (Fsp3) is 0.143. The number of amides is 1. The number of nitrogens with zero attached hydrogens (tertiary/aromatic N) is 2. The predicted octanol–water partition coefficient (Wildman–Crippen LogP) is 4.86. The van der Waals surface area contributed by atoms with E-state index in [1.54, 1.807) is 18.3 Å². The second kappa shape index (κ2) is 8.06. The Hall–Kier alpha value is -2.79. The first kappa shape index (κ1) is 18.0. The Balaban J connectivity index is 1.78. The lowest BCUT2D eigenvalue weighted by atomic mass is 10.2. The lowest BCUT2D eigenvalue weighted by Crippen LogP contribution is -2.14. The highest BCUT2D eigenvalue weighted by atomic mass is 32.2. The Morgan fingerprint density at radius 1 is 1.00 bits per heavy atom. The number of pyridine rings is 1. The van der Waals surface area contributed by atoms with E-state index in [4.69, 9.17) is 0 Å². The van der Waals surface area contributed by atoms with Gasteiger partial charge in [-0.3, -0.25) is 4.79 Å². The molecular weight excluding hydrogens is 342 g/mol. The Morgan fingerprint density at radius 2 is 1.69 bits per heavy atom. The van der Waals surface area contributed by atoms with Crippen LogP contribution in [0.4, 0.5) is 11.4 Å². The first-order valence-electron chi connectivity index (χ1n) is 8.31. The lowest BCUT2D eigenvalue weighted by molar-refractivity contribution is 0.102. The van der Waals surface area contributed by atoms with Crippen LogP contribution in [0.1, 0.15) is 15.9 Å². The Morgan fingerprint density at radius 3 is 2.35 bits per heavy atom. The molecule has 0 unspecified atom stereocenters. The molecule has 1 amide bonds. The maximum Gasteiger partial charge on any atom is 0.258 e. The zero-order valence-corrected chi connectivity index (χ0v) is 15.9. The molecule has 3 aromatic rings. The zero-order chi connectivity index (χ0) is 18.5. The van der Waals surface area contributed by atoms with Gasteiger partial charge in [0.15, 0.2) is 0 Å². The number of aromatic nitrogens is 1. The van der Waals surface area contributed by atoms with Crippen LogP contribution in [0.5, 0.6) is 0 Å². The third-order valence-electron chi connectivity index (χ3n) is 3.89. The van der Waals surface area contributed by atoms with Crippen molar-refractivity contribution < 1.29 is 4.79 Å². The summed E-state index contributed by atoms with van der Waals surface area (Å²) in [7, 11) is 3.97. The van der Waals surface area contributed by atoms with Gasteiger partial charge in [-0.1, -0.05) is 29.5 Å². The van der Waals surface area contributed by atoms with Crippen molar-refractivity contribution in [3.63, 3.8) is 0 Å². The van der Waals surface area contributed by atoms with Crippen LogP contribution < -0.4 is 10.2 Å². The molecule has 4 nitrogen and oxygen atoms in total. The number of aryl methyl sites for hydroxylation is 1. The summed E-state index contributed by atoms with van der Waals surface area (Å²) >= 11 is 1.49. The molecule has 2 aromatic carbocycles. The normalized spacial score (nSPS) is 10.4. The molecule has 0 radical (unpaired) electrons. The van der Waals surface area contributed by atoms with Crippen LogP contribution in [0.25, 0.3) is 0 Å². The maximum atomic E-state index is 12.7. The molecule has 5 heteroatoms. The summed E-state index contributed by atoms with van der Waals surface area (Å²) in [6.45, 7) is 2.05. The van der Waals surface area contributed by atoms with Crippen LogP contribution >= 0.6 is 11.8 Å². The van der Waals surface area contributed by atoms with E-state index in [0.717, 1.165) is 16.3 Å². The summed E-state index contributed by atoms with van der Waals surface area (Å²) in [5.41, 5.74) is 3.61. The molecule has 1 heterocycles. The van der Waals surface area contributed by atoms with Crippen LogP contribution in [0.2, 0.25) is 0 Å². The van der Waals surface area contributed by atoms with Crippen molar-refractivity contribution in [1.29, 1.82) is 0 Å². The zero-order valence-electron chi connectivity index (χ0n) is 15.1. The molecule has 0 aliphatic rings. The van der Waals surface area contributed by atoms with Crippen LogP contribution in [-0.4, -0.2) is 25.0 Å². The second-order valence-electron chi connectivity index (χ2n) is 6.17. The first-order valence-corrected chi connectivity index (χ1v) is 9.13. The van der Waals surface area contributed by atoms with E-state index in [-0.39, 0.29) is 5.91 Å². The van der Waals surface area contributed by atoms with E-state index >= 15 is 0 Å². The first-order chi connectivity index (χ1) is 12.5. The summed E-state index contributed by atoms with van der Waals surface area (Å²) in [5, 5.41) is 3.64. The summed E-state index contributed by atoms with van der Waals surface area (Å²) in [6.07, 6.45) is 1.71. The quantitative estimate of drug-likeness (QED) is 0.703. The molecule has 0 atom stereocenters. The van der Waals surface area contributed by atoms with Crippen molar-refractivity contribution in [3.8, 4) is 0 Å². The predicted molar refractivity (Wildman–Crippen MR) is 108 cm³/mol. The largest absolute Gasteiger partial charge is 0.378 e. The molecular formula is C21H21N3OS. The molecule has 0 aliphatic heterocycles. The topological polar surface area (TPSA) is 45.2 Å². The standard InChI is InChI=1S/C21H21N3OS/c1-15-6-12-18(13-7-15)26-21-19(5-4-14-22-21)20(25)23-16-8-10-17(11-9-16)24(2)3/h4-14H,1-3H3,(H,23,25). The summed E-state index contributed by atoms with van der Waals surface area (Å²) < 4.78 is 0. The Kier molecular flexibility index (Phi) is 5.58. The molecule has 132 valence electrons. The van der Waals surface area contributed by atoms with Gasteiger partial charge in [0.25, 0.3) is 5.91 Å². The number of carbonyl (C=O) groups excluding carboxylic acids is 1. The summed E-state index contributed by atoms with van der Waals surface area (Å²) in [5.74, 6) is -0.162. The van der Waals surface area contributed by atoms with E-state index in [0.29, 0.717) is 10.6 Å². The van der Waals surface area contributed by atoms with Gasteiger partial charge in [0.2, 0.25) is 0 Å². The minimum Gasteiger partial charge on any atom is -0.378 e. The molecule has 1 N–H and O–H groups in total. The maximum absolute atomic E-state index is 12.7. The van der Waals surface area contributed by atoms with Gasteiger partial charge in [-0.2, -0.15) is 0 Å². The highest BCUT2D eigenvalue weighted by Crippen LogP contribution is 2.29. The van der Waals surface area contributed by atoms with Crippen molar-refractivity contribution in [2.75, 3.05) is 24.3 Å². The highest BCUT2D eigenvalue weighted by Gasteiger charge is 2.14. The average molecular weight is 363 g/mol. The van der Waals surface area contributed by atoms with Crippen LogP contribution in [0.3, 0.4) is 0 Å². The van der Waals surface area contributed by atoms with Gasteiger partial charge in [0.1, 0.15) is 5.03 Å². The second-order valence-corrected chi connectivity index (χ2v) is 7.23. The molecule has 26 heavy (non-hydrogen) atoms. The van der Waals surface area contributed by atoms with Crippen LogP contribution in [0.15, 0.2) is 76.8 Å². The Bertz CT molecular complexity index is 890. The number of benzene rings is 2. The van der Waals surface area contributed by atoms with E-state index in [9.17, 15) is 4.79 Å². The molecule has 0 bridgehead atoms. The molecule has 0 spiro atoms. The van der Waals surface area contributed by atoms with Gasteiger partial charge in [-0.15, -0.1) is 0 Å². The van der Waals surface area contributed by atoms with Crippen molar-refractivity contribution in [2.24, 2.45) is 0 Å². The molecule has 0 saturated carbocycles. The third-order valence-corrected chi connectivity index (χ3v) is 4.92. The van der Waals surface area contributed by atoms with E-state index in [1.165, 1.54) is 17.3 Å². The molecule has 1 aromatic heterocycles. The minimum atomic E-state index is -0.162. The van der Waals surface area contributed by atoms with Gasteiger partial charge < -0.3 is 10.2 Å². The Labute approximate surface area is 158 Å². The number of carbonyl (C=O) groups is 1. The monoisotopic (exact) mass is 363 g/mol. The van der Waals surface area contributed by atoms with Crippen molar-refractivity contribution >= 4 is 29.0 Å². The van der Waals surface area contributed by atoms with Crippen molar-refractivity contribution in [3.05, 3.63) is 78.0 Å². The molecule has 0 aliphatic carbocycles. The van der Waals surface area contributed by atoms with Gasteiger partial charge in [0, 0.05) is 36.6 Å². The molecule has 0 saturated heterocycles. The van der Waals surface area contributed by atoms with Gasteiger partial charge in [-0.05, 0) is 55.5 Å². The van der Waals surface area contributed by atoms with Crippen LogP contribution in [0, 0.1) is 6.92 Å². The van der Waals surface area contributed by atoms with E-state index in [2.05, 4.69) is 29.4 Å². The number of anilines is 2. The number of hydrogen-bond acceptors (Lipinski definition) is 4. The highest BCUT2D eigenvalue weighted by molar-refractivity contribution is 7.99. The summed E-state index contributed by atoms with van der Waals surface area (Å²) in [6, 6.07) is 19.5. The fourth-order valence-corrected chi connectivity index (χ4v) is 3.28. The number of rotatable bonds is 5. The number of hydrogen-bond donors (Lipinski definition) is 1. The third kappa shape index (κ3) is 4.43. The van der Waals surface area contributed by atoms with E-state index < -0.39 is 0 Å². The van der Waals surface area contributed by atoms with Crippen LogP contribution in [-0.2, 0) is 0 Å². The lowest BCUT2D eigenvalue weighted by Gasteiger charge is -2.13. The molecule has 0 fully saturated rings.